The second-order valence-corrected chi connectivity index (χ2v) is 6.54. The molecule has 0 heterocycles. The summed E-state index contributed by atoms with van der Waals surface area (Å²) in [5.41, 5.74) is -4.78. The molecule has 0 aromatic heterocycles. The van der Waals surface area contributed by atoms with Gasteiger partial charge >= 0.3 is 6.18 Å². The molecule has 1 aromatic rings. The Hall–Kier alpha value is -2.05. The van der Waals surface area contributed by atoms with Crippen LogP contribution >= 0.6 is 0 Å². The van der Waals surface area contributed by atoms with Crippen LogP contribution in [0.5, 0.6) is 0 Å². The zero-order valence-electron chi connectivity index (χ0n) is 12.1. The van der Waals surface area contributed by atoms with E-state index in [-0.39, 0.29) is 18.4 Å². The topological polar surface area (TPSA) is 98.1 Å². The minimum Gasteiger partial charge on any atom is -0.772 e. The Morgan fingerprint density at radius 3 is 2.21 bits per heavy atom. The van der Waals surface area contributed by atoms with Crippen LogP contribution in [-0.4, -0.2) is 26.6 Å². The molecular weight excluding hydrogens is 347 g/mol. The molecule has 2 atom stereocenters. The fraction of sp³-hybridized carbons (Fsp3) is 0.400. The fourth-order valence-corrected chi connectivity index (χ4v) is 3.48. The van der Waals surface area contributed by atoms with E-state index in [1.54, 1.807) is 6.07 Å². The molecule has 1 aliphatic rings. The third-order valence-electron chi connectivity index (χ3n) is 4.25. The normalized spacial score (nSPS) is 19.6. The zero-order valence-corrected chi connectivity index (χ0v) is 12.9. The molecule has 0 aliphatic heterocycles. The lowest BCUT2D eigenvalue weighted by Crippen LogP contribution is -2.44. The number of hydrogen-bond acceptors (Lipinski definition) is 5. The Bertz CT molecular complexity index is 735. The molecule has 24 heavy (non-hydrogen) atoms. The molecule has 0 spiro atoms. The molecule has 1 aromatic carbocycles. The van der Waals surface area contributed by atoms with Crippen LogP contribution in [0.4, 0.5) is 13.2 Å². The smallest absolute Gasteiger partial charge is 0.416 e. The number of nitrogens with zero attached hydrogens (tertiary/aromatic N) is 1. The van der Waals surface area contributed by atoms with E-state index in [4.69, 9.17) is 0 Å². The van der Waals surface area contributed by atoms with Gasteiger partial charge in [-0.05, 0) is 25.0 Å². The second-order valence-electron chi connectivity index (χ2n) is 5.64. The van der Waals surface area contributed by atoms with E-state index in [1.165, 1.54) is 0 Å². The minimum absolute atomic E-state index is 0.174. The maximum Gasteiger partial charge on any atom is 0.416 e. The number of ketones is 1. The number of hydrogen-bond donors (Lipinski definition) is 0. The lowest BCUT2D eigenvalue weighted by molar-refractivity contribution is -0.137. The molecule has 1 fully saturated rings. The Labute approximate surface area is 137 Å². The molecule has 2 unspecified atom stereocenters. The standard InChI is InChI=1S/C15H12F3NO4S/c16-15(17,18)11-3-1-10(2-4-11)12(21)14(7-19,9-24(22)23)13(8-20)5-6-13/h1-4,8H,5-6,9H2,(H,22,23)/p-1. The van der Waals surface area contributed by atoms with Crippen molar-refractivity contribution in [2.24, 2.45) is 10.8 Å². The van der Waals surface area contributed by atoms with Gasteiger partial charge in [0, 0.05) is 11.3 Å². The summed E-state index contributed by atoms with van der Waals surface area (Å²) in [5.74, 6) is -1.85. The van der Waals surface area contributed by atoms with Crippen molar-refractivity contribution in [1.29, 1.82) is 5.26 Å². The lowest BCUT2D eigenvalue weighted by atomic mass is 9.70. The molecule has 9 heteroatoms. The highest BCUT2D eigenvalue weighted by molar-refractivity contribution is 7.79. The second kappa shape index (κ2) is 6.11. The number of carbonyl (C=O) groups is 2. The quantitative estimate of drug-likeness (QED) is 0.441. The van der Waals surface area contributed by atoms with Crippen LogP contribution < -0.4 is 0 Å². The zero-order chi connectivity index (χ0) is 18.2. The summed E-state index contributed by atoms with van der Waals surface area (Å²) in [4.78, 5) is 24.0. The maximum absolute atomic E-state index is 12.7. The van der Waals surface area contributed by atoms with Gasteiger partial charge in [0.25, 0.3) is 0 Å². The average molecular weight is 358 g/mol. The van der Waals surface area contributed by atoms with Gasteiger partial charge in [0.1, 0.15) is 11.7 Å². The van der Waals surface area contributed by atoms with E-state index in [9.17, 15) is 36.8 Å². The van der Waals surface area contributed by atoms with E-state index in [2.05, 4.69) is 0 Å². The van der Waals surface area contributed by atoms with Gasteiger partial charge in [-0.2, -0.15) is 18.4 Å². The lowest BCUT2D eigenvalue weighted by Gasteiger charge is -2.31. The van der Waals surface area contributed by atoms with Gasteiger partial charge in [-0.3, -0.25) is 9.00 Å². The number of nitriles is 1. The third kappa shape index (κ3) is 2.99. The fourth-order valence-electron chi connectivity index (χ4n) is 2.64. The maximum atomic E-state index is 12.7. The van der Waals surface area contributed by atoms with Gasteiger partial charge in [0.15, 0.2) is 5.78 Å². The molecule has 0 radical (unpaired) electrons. The largest absolute Gasteiger partial charge is 0.772 e. The highest BCUT2D eigenvalue weighted by Gasteiger charge is 2.64. The summed E-state index contributed by atoms with van der Waals surface area (Å²) in [5, 5.41) is 9.46. The van der Waals surface area contributed by atoms with Gasteiger partial charge in [0.05, 0.1) is 17.0 Å². The van der Waals surface area contributed by atoms with Crippen LogP contribution in [0.25, 0.3) is 0 Å². The number of carbonyl (C=O) groups excluding carboxylic acids is 2. The molecule has 0 bridgehead atoms. The Kier molecular flexibility index (Phi) is 4.65. The summed E-state index contributed by atoms with van der Waals surface area (Å²) in [6.07, 6.45) is -3.85. The minimum atomic E-state index is -4.59. The van der Waals surface area contributed by atoms with Crippen molar-refractivity contribution in [2.45, 2.75) is 19.0 Å². The molecule has 128 valence electrons. The van der Waals surface area contributed by atoms with Crippen molar-refractivity contribution in [2.75, 3.05) is 5.75 Å². The first-order valence-electron chi connectivity index (χ1n) is 6.77. The number of rotatable bonds is 6. The number of alkyl halides is 3. The summed E-state index contributed by atoms with van der Waals surface area (Å²) in [6, 6.07) is 4.75. The third-order valence-corrected chi connectivity index (χ3v) is 4.92. The van der Waals surface area contributed by atoms with Crippen LogP contribution in [0, 0.1) is 22.2 Å². The number of halogens is 3. The van der Waals surface area contributed by atoms with Gasteiger partial charge in [-0.15, -0.1) is 0 Å². The van der Waals surface area contributed by atoms with Gasteiger partial charge in [0.2, 0.25) is 0 Å². The summed E-state index contributed by atoms with van der Waals surface area (Å²) < 4.78 is 60.0. The van der Waals surface area contributed by atoms with Crippen molar-refractivity contribution in [1.82, 2.24) is 0 Å². The number of aldehydes is 1. The van der Waals surface area contributed by atoms with Crippen molar-refractivity contribution >= 4 is 23.1 Å². The first kappa shape index (κ1) is 18.3. The van der Waals surface area contributed by atoms with E-state index in [1.807, 2.05) is 0 Å². The molecule has 0 amide bonds. The van der Waals surface area contributed by atoms with E-state index in [0.717, 1.165) is 12.1 Å². The summed E-state index contributed by atoms with van der Waals surface area (Å²) in [6.45, 7) is 0. The highest BCUT2D eigenvalue weighted by atomic mass is 32.2. The molecule has 1 aliphatic carbocycles. The highest BCUT2D eigenvalue weighted by Crippen LogP contribution is 2.58. The van der Waals surface area contributed by atoms with Gasteiger partial charge < -0.3 is 9.35 Å². The van der Waals surface area contributed by atoms with Crippen LogP contribution in [0.3, 0.4) is 0 Å². The van der Waals surface area contributed by atoms with Crippen molar-refractivity contribution in [3.63, 3.8) is 0 Å². The van der Waals surface area contributed by atoms with E-state index in [0.29, 0.717) is 18.4 Å². The summed E-state index contributed by atoms with van der Waals surface area (Å²) >= 11 is -2.79. The SMILES string of the molecule is N#CC(CS(=O)[O-])(C(=O)c1ccc(C(F)(F)F)cc1)C1(C=O)CC1. The number of benzene rings is 1. The number of Topliss-reactive ketones (excluding diaryl/α,β-unsaturated/α-hetero) is 1. The Morgan fingerprint density at radius 2 is 1.88 bits per heavy atom. The molecule has 2 rings (SSSR count). The molecular formula is C15H11F3NO4S-. The Balaban J connectivity index is 2.48. The first-order valence-corrected chi connectivity index (χ1v) is 8.02. The van der Waals surface area contributed by atoms with Crippen LogP contribution in [0.2, 0.25) is 0 Å². The van der Waals surface area contributed by atoms with Gasteiger partial charge in [-0.25, -0.2) is 0 Å². The Morgan fingerprint density at radius 1 is 1.33 bits per heavy atom. The predicted octanol–water partition coefficient (Wildman–Crippen LogP) is 2.26. The van der Waals surface area contributed by atoms with Crippen LogP contribution in [0.15, 0.2) is 24.3 Å². The molecule has 0 N–H and O–H groups in total. The van der Waals surface area contributed by atoms with Crippen molar-refractivity contribution in [3.8, 4) is 6.07 Å². The molecule has 5 nitrogen and oxygen atoms in total. The molecule has 0 saturated heterocycles. The monoisotopic (exact) mass is 358 g/mol. The predicted molar refractivity (Wildman–Crippen MR) is 75.3 cm³/mol. The average Bonchev–Trinajstić information content (AvgIpc) is 3.32. The van der Waals surface area contributed by atoms with E-state index < -0.39 is 45.2 Å². The summed E-state index contributed by atoms with van der Waals surface area (Å²) in [7, 11) is 0. The first-order chi connectivity index (χ1) is 11.1. The van der Waals surface area contributed by atoms with Crippen molar-refractivity contribution < 1.29 is 31.5 Å². The van der Waals surface area contributed by atoms with Crippen molar-refractivity contribution in [3.05, 3.63) is 35.4 Å². The molecule has 1 saturated carbocycles. The van der Waals surface area contributed by atoms with Gasteiger partial charge in [-0.1, -0.05) is 23.2 Å². The van der Waals surface area contributed by atoms with Crippen LogP contribution in [0.1, 0.15) is 28.8 Å². The van der Waals surface area contributed by atoms with E-state index >= 15 is 0 Å². The van der Waals surface area contributed by atoms with Crippen LogP contribution in [-0.2, 0) is 22.1 Å².